The van der Waals surface area contributed by atoms with Crippen molar-refractivity contribution in [2.75, 3.05) is 11.9 Å². The number of piperidine rings is 1. The zero-order valence-electron chi connectivity index (χ0n) is 13.8. The second-order valence-electron chi connectivity index (χ2n) is 7.49. The van der Waals surface area contributed by atoms with Gasteiger partial charge in [0.1, 0.15) is 5.01 Å². The average Bonchev–Trinajstić information content (AvgIpc) is 2.86. The molecule has 1 aromatic rings. The fraction of sp³-hybridized carbons (Fsp3) is 0.812. The van der Waals surface area contributed by atoms with E-state index in [1.165, 1.54) is 37.0 Å². The largest absolute Gasteiger partial charge is 0.299 e. The molecule has 122 valence electrons. The summed E-state index contributed by atoms with van der Waals surface area (Å²) in [7, 11) is 0. The Bertz CT molecular complexity index is 532. The van der Waals surface area contributed by atoms with E-state index in [-0.39, 0.29) is 17.4 Å². The van der Waals surface area contributed by atoms with Crippen molar-refractivity contribution in [3.8, 4) is 0 Å². The molecule has 22 heavy (non-hydrogen) atoms. The fourth-order valence-corrected chi connectivity index (χ4v) is 3.96. The number of hydrogen-bond donors (Lipinski definition) is 1. The molecule has 1 saturated carbocycles. The van der Waals surface area contributed by atoms with Crippen LogP contribution in [0.15, 0.2) is 0 Å². The summed E-state index contributed by atoms with van der Waals surface area (Å²) in [6.07, 6.45) is 7.12. The minimum Gasteiger partial charge on any atom is -0.299 e. The third-order valence-electron chi connectivity index (χ3n) is 4.69. The first-order valence-corrected chi connectivity index (χ1v) is 9.17. The molecule has 2 aliphatic rings. The lowest BCUT2D eigenvalue weighted by atomic mass is 9.87. The molecule has 1 aliphatic heterocycles. The fourth-order valence-electron chi connectivity index (χ4n) is 3.16. The molecule has 5 nitrogen and oxygen atoms in total. The molecular formula is C16H26N4OS. The van der Waals surface area contributed by atoms with Crippen molar-refractivity contribution >= 4 is 22.4 Å². The zero-order chi connectivity index (χ0) is 15.7. The van der Waals surface area contributed by atoms with Gasteiger partial charge in [-0.2, -0.15) is 0 Å². The van der Waals surface area contributed by atoms with Gasteiger partial charge in [-0.1, -0.05) is 44.9 Å². The summed E-state index contributed by atoms with van der Waals surface area (Å²) in [6, 6.07) is 0.636. The summed E-state index contributed by atoms with van der Waals surface area (Å²) in [5, 5.41) is 12.9. The number of rotatable bonds is 3. The maximum Gasteiger partial charge on any atom is 0.243 e. The average molecular weight is 322 g/mol. The summed E-state index contributed by atoms with van der Waals surface area (Å²) in [4.78, 5) is 15.1. The Balaban J connectivity index is 1.66. The first-order chi connectivity index (χ1) is 10.4. The van der Waals surface area contributed by atoms with Crippen LogP contribution in [0.3, 0.4) is 0 Å². The summed E-state index contributed by atoms with van der Waals surface area (Å²) in [5.41, 5.74) is -0.0244. The Morgan fingerprint density at radius 3 is 2.55 bits per heavy atom. The molecule has 1 amide bonds. The number of anilines is 1. The monoisotopic (exact) mass is 322 g/mol. The van der Waals surface area contributed by atoms with Crippen LogP contribution < -0.4 is 5.32 Å². The number of carbonyl (C=O) groups is 1. The van der Waals surface area contributed by atoms with E-state index < -0.39 is 0 Å². The summed E-state index contributed by atoms with van der Waals surface area (Å²) in [6.45, 7) is 7.39. The van der Waals surface area contributed by atoms with Gasteiger partial charge in [0.2, 0.25) is 11.0 Å². The zero-order valence-corrected chi connectivity index (χ0v) is 14.6. The highest BCUT2D eigenvalue weighted by Crippen LogP contribution is 2.32. The molecule has 0 spiro atoms. The molecule has 1 saturated heterocycles. The topological polar surface area (TPSA) is 58.1 Å². The van der Waals surface area contributed by atoms with Crippen molar-refractivity contribution in [2.45, 2.75) is 76.8 Å². The highest BCUT2D eigenvalue weighted by molar-refractivity contribution is 7.15. The lowest BCUT2D eigenvalue weighted by Crippen LogP contribution is -2.53. The minimum atomic E-state index is -0.0244. The number of nitrogens with one attached hydrogen (secondary N) is 1. The van der Waals surface area contributed by atoms with Crippen LogP contribution in [-0.2, 0) is 10.2 Å². The van der Waals surface area contributed by atoms with E-state index in [2.05, 4.69) is 41.2 Å². The van der Waals surface area contributed by atoms with Crippen LogP contribution in [0.2, 0.25) is 0 Å². The minimum absolute atomic E-state index is 0.0148. The van der Waals surface area contributed by atoms with Crippen molar-refractivity contribution in [3.05, 3.63) is 5.01 Å². The van der Waals surface area contributed by atoms with E-state index in [0.29, 0.717) is 11.2 Å². The lowest BCUT2D eigenvalue weighted by molar-refractivity contribution is -0.124. The lowest BCUT2D eigenvalue weighted by Gasteiger charge is -2.44. The van der Waals surface area contributed by atoms with E-state index >= 15 is 0 Å². The molecule has 1 N–H and O–H groups in total. The molecule has 0 aromatic carbocycles. The van der Waals surface area contributed by atoms with Crippen LogP contribution in [0.5, 0.6) is 0 Å². The van der Waals surface area contributed by atoms with Gasteiger partial charge >= 0.3 is 0 Å². The van der Waals surface area contributed by atoms with Gasteiger partial charge in [-0.05, 0) is 32.2 Å². The number of nitrogens with zero attached hydrogens (tertiary/aromatic N) is 3. The Kier molecular flexibility index (Phi) is 4.50. The summed E-state index contributed by atoms with van der Waals surface area (Å²) in [5.74, 6) is 0.100. The quantitative estimate of drug-likeness (QED) is 0.928. The van der Waals surface area contributed by atoms with Crippen LogP contribution in [-0.4, -0.2) is 39.6 Å². The molecule has 1 aromatic heterocycles. The second-order valence-corrected chi connectivity index (χ2v) is 8.46. The number of likely N-dealkylation sites (tertiary alicyclic amines) is 1. The molecular weight excluding hydrogens is 296 g/mol. The van der Waals surface area contributed by atoms with Gasteiger partial charge in [0.25, 0.3) is 0 Å². The van der Waals surface area contributed by atoms with Crippen molar-refractivity contribution in [1.29, 1.82) is 0 Å². The predicted octanol–water partition coefficient (Wildman–Crippen LogP) is 3.18. The van der Waals surface area contributed by atoms with Crippen LogP contribution in [0, 0.1) is 0 Å². The Labute approximate surface area is 136 Å². The molecule has 6 heteroatoms. The second kappa shape index (κ2) is 6.24. The summed E-state index contributed by atoms with van der Waals surface area (Å²) >= 11 is 1.49. The van der Waals surface area contributed by atoms with Crippen LogP contribution >= 0.6 is 11.3 Å². The molecule has 1 aliphatic carbocycles. The number of hydrogen-bond acceptors (Lipinski definition) is 5. The van der Waals surface area contributed by atoms with Crippen molar-refractivity contribution in [2.24, 2.45) is 0 Å². The highest BCUT2D eigenvalue weighted by Gasteiger charge is 2.36. The SMILES string of the molecule is CC(C)(C)c1nnc(NC(=O)[C@@H]2CCCCN2C2CCC2)s1. The third-order valence-corrected chi connectivity index (χ3v) is 5.95. The molecule has 0 radical (unpaired) electrons. The maximum absolute atomic E-state index is 12.7. The number of carbonyl (C=O) groups excluding carboxylic acids is 1. The van der Waals surface area contributed by atoms with Crippen LogP contribution in [0.4, 0.5) is 5.13 Å². The maximum atomic E-state index is 12.7. The predicted molar refractivity (Wildman–Crippen MR) is 89.2 cm³/mol. The Morgan fingerprint density at radius 1 is 1.18 bits per heavy atom. The van der Waals surface area contributed by atoms with Gasteiger partial charge in [-0.15, -0.1) is 10.2 Å². The van der Waals surface area contributed by atoms with Crippen molar-refractivity contribution < 1.29 is 4.79 Å². The third kappa shape index (κ3) is 3.33. The summed E-state index contributed by atoms with van der Waals surface area (Å²) < 4.78 is 0. The molecule has 2 heterocycles. The first-order valence-electron chi connectivity index (χ1n) is 8.36. The highest BCUT2D eigenvalue weighted by atomic mass is 32.1. The molecule has 3 rings (SSSR count). The molecule has 2 fully saturated rings. The molecule has 1 atom stereocenters. The molecule has 0 unspecified atom stereocenters. The number of aromatic nitrogens is 2. The molecule has 0 bridgehead atoms. The van der Waals surface area contributed by atoms with Gasteiger partial charge in [0.05, 0.1) is 6.04 Å². The van der Waals surface area contributed by atoms with Crippen molar-refractivity contribution in [1.82, 2.24) is 15.1 Å². The van der Waals surface area contributed by atoms with Gasteiger partial charge in [0, 0.05) is 11.5 Å². The standard InChI is InChI=1S/C16H26N4OS/c1-16(2,3)14-18-19-15(22-14)17-13(21)12-9-4-5-10-20(12)11-7-6-8-11/h11-12H,4-10H2,1-3H3,(H,17,19,21)/t12-/m0/s1. The Morgan fingerprint density at radius 2 is 1.95 bits per heavy atom. The smallest absolute Gasteiger partial charge is 0.243 e. The first kappa shape index (κ1) is 15.9. The van der Waals surface area contributed by atoms with Gasteiger partial charge in [0.15, 0.2) is 0 Å². The van der Waals surface area contributed by atoms with Crippen LogP contribution in [0.25, 0.3) is 0 Å². The van der Waals surface area contributed by atoms with Crippen molar-refractivity contribution in [3.63, 3.8) is 0 Å². The number of amides is 1. The van der Waals surface area contributed by atoms with E-state index in [0.717, 1.165) is 24.4 Å². The van der Waals surface area contributed by atoms with E-state index in [1.54, 1.807) is 0 Å². The van der Waals surface area contributed by atoms with Gasteiger partial charge in [-0.3, -0.25) is 15.0 Å². The van der Waals surface area contributed by atoms with E-state index in [4.69, 9.17) is 0 Å². The van der Waals surface area contributed by atoms with Gasteiger partial charge in [-0.25, -0.2) is 0 Å². The normalized spacial score (nSPS) is 24.0. The Hall–Kier alpha value is -1.01. The van der Waals surface area contributed by atoms with E-state index in [1.807, 2.05) is 0 Å². The van der Waals surface area contributed by atoms with Crippen LogP contribution in [0.1, 0.15) is 64.3 Å². The van der Waals surface area contributed by atoms with E-state index in [9.17, 15) is 4.79 Å². The van der Waals surface area contributed by atoms with Gasteiger partial charge < -0.3 is 0 Å².